The summed E-state index contributed by atoms with van der Waals surface area (Å²) in [5.41, 5.74) is 0.745. The van der Waals surface area contributed by atoms with Gasteiger partial charge in [0, 0.05) is 40.7 Å². The third-order valence-electron chi connectivity index (χ3n) is 5.21. The van der Waals surface area contributed by atoms with E-state index < -0.39 is 0 Å². The van der Waals surface area contributed by atoms with Crippen molar-refractivity contribution in [2.45, 2.75) is 37.6 Å². The van der Waals surface area contributed by atoms with Crippen LogP contribution >= 0.6 is 23.2 Å². The van der Waals surface area contributed by atoms with Gasteiger partial charge in [-0.3, -0.25) is 0 Å². The summed E-state index contributed by atoms with van der Waals surface area (Å²) < 4.78 is 7.74. The number of anilines is 1. The van der Waals surface area contributed by atoms with Crippen molar-refractivity contribution in [3.8, 4) is 11.4 Å². The lowest BCUT2D eigenvalue weighted by Crippen LogP contribution is -2.33. The van der Waals surface area contributed by atoms with Gasteiger partial charge in [0.25, 0.3) is 0 Å². The Kier molecular flexibility index (Phi) is 4.28. The molecule has 2 aliphatic rings. The van der Waals surface area contributed by atoms with Crippen molar-refractivity contribution >= 4 is 29.2 Å². The summed E-state index contributed by atoms with van der Waals surface area (Å²) in [7, 11) is 0. The van der Waals surface area contributed by atoms with Crippen molar-refractivity contribution in [3.05, 3.63) is 40.4 Å². The van der Waals surface area contributed by atoms with Gasteiger partial charge in [-0.05, 0) is 43.9 Å². The van der Waals surface area contributed by atoms with Crippen LogP contribution in [0.3, 0.4) is 0 Å². The standard InChI is InChI=1S/C18H18Cl2N6O/c19-13-7-12(8-14(20)9-13)16-22-18(27-24-16)25-5-3-11(4-6-25)17-23-21-10-26(17)15-1-2-15/h7-11,15H,1-6H2. The average Bonchev–Trinajstić information content (AvgIpc) is 3.19. The minimum atomic E-state index is 0.429. The zero-order chi connectivity index (χ0) is 18.4. The second-order valence-corrected chi connectivity index (χ2v) is 8.02. The van der Waals surface area contributed by atoms with Crippen LogP contribution < -0.4 is 4.90 Å². The van der Waals surface area contributed by atoms with E-state index in [4.69, 9.17) is 27.7 Å². The van der Waals surface area contributed by atoms with E-state index >= 15 is 0 Å². The maximum Gasteiger partial charge on any atom is 0.324 e. The lowest BCUT2D eigenvalue weighted by atomic mass is 9.96. The molecule has 1 aliphatic heterocycles. The summed E-state index contributed by atoms with van der Waals surface area (Å²) >= 11 is 12.1. The molecule has 27 heavy (non-hydrogen) atoms. The van der Waals surface area contributed by atoms with Crippen molar-refractivity contribution in [1.82, 2.24) is 24.9 Å². The Morgan fingerprint density at radius 1 is 1.00 bits per heavy atom. The highest BCUT2D eigenvalue weighted by Gasteiger charge is 2.32. The van der Waals surface area contributed by atoms with Crippen LogP contribution in [0.1, 0.15) is 43.5 Å². The molecule has 9 heteroatoms. The van der Waals surface area contributed by atoms with E-state index in [9.17, 15) is 0 Å². The SMILES string of the molecule is Clc1cc(Cl)cc(-c2noc(N3CCC(c4nncn4C4CC4)CC3)n2)c1. The molecular formula is C18H18Cl2N6O. The van der Waals surface area contributed by atoms with Gasteiger partial charge < -0.3 is 14.0 Å². The molecule has 1 aromatic carbocycles. The normalized spacial score (nSPS) is 18.2. The molecule has 1 aliphatic carbocycles. The molecule has 0 spiro atoms. The van der Waals surface area contributed by atoms with Gasteiger partial charge in [-0.1, -0.05) is 28.4 Å². The molecule has 7 nitrogen and oxygen atoms in total. The fourth-order valence-corrected chi connectivity index (χ4v) is 4.18. The molecular weight excluding hydrogens is 387 g/mol. The molecule has 2 aromatic heterocycles. The Hall–Kier alpha value is -2.12. The Bertz CT molecular complexity index is 938. The number of benzene rings is 1. The van der Waals surface area contributed by atoms with Crippen LogP contribution in [0.15, 0.2) is 29.0 Å². The molecule has 140 valence electrons. The van der Waals surface area contributed by atoms with E-state index in [1.807, 2.05) is 6.33 Å². The predicted octanol–water partition coefficient (Wildman–Crippen LogP) is 4.35. The molecule has 0 atom stereocenters. The van der Waals surface area contributed by atoms with E-state index in [2.05, 4.69) is 29.8 Å². The molecule has 1 saturated heterocycles. The van der Waals surface area contributed by atoms with Crippen molar-refractivity contribution in [2.75, 3.05) is 18.0 Å². The molecule has 3 aromatic rings. The zero-order valence-corrected chi connectivity index (χ0v) is 16.1. The molecule has 0 amide bonds. The summed E-state index contributed by atoms with van der Waals surface area (Å²) in [6.07, 6.45) is 6.34. The third kappa shape index (κ3) is 3.41. The van der Waals surface area contributed by atoms with Crippen molar-refractivity contribution < 1.29 is 4.52 Å². The Morgan fingerprint density at radius 2 is 1.74 bits per heavy atom. The summed E-state index contributed by atoms with van der Waals surface area (Å²) in [4.78, 5) is 6.65. The minimum absolute atomic E-state index is 0.429. The second-order valence-electron chi connectivity index (χ2n) is 7.15. The van der Waals surface area contributed by atoms with Gasteiger partial charge >= 0.3 is 6.01 Å². The molecule has 3 heterocycles. The Morgan fingerprint density at radius 3 is 2.44 bits per heavy atom. The summed E-state index contributed by atoms with van der Waals surface area (Å²) in [5.74, 6) is 2.04. The van der Waals surface area contributed by atoms with Crippen LogP contribution in [0, 0.1) is 0 Å². The van der Waals surface area contributed by atoms with Crippen LogP contribution in [0.25, 0.3) is 11.4 Å². The summed E-state index contributed by atoms with van der Waals surface area (Å²) in [5, 5.41) is 13.7. The van der Waals surface area contributed by atoms with Crippen molar-refractivity contribution in [2.24, 2.45) is 0 Å². The topological polar surface area (TPSA) is 72.9 Å². The van der Waals surface area contributed by atoms with Gasteiger partial charge in [0.15, 0.2) is 0 Å². The molecule has 5 rings (SSSR count). The van der Waals surface area contributed by atoms with Crippen LogP contribution in [-0.4, -0.2) is 38.0 Å². The van der Waals surface area contributed by atoms with E-state index in [0.29, 0.717) is 33.8 Å². The van der Waals surface area contributed by atoms with Gasteiger partial charge in [0.1, 0.15) is 12.2 Å². The highest BCUT2D eigenvalue weighted by molar-refractivity contribution is 6.35. The monoisotopic (exact) mass is 404 g/mol. The van der Waals surface area contributed by atoms with Gasteiger partial charge in [-0.15, -0.1) is 10.2 Å². The van der Waals surface area contributed by atoms with Gasteiger partial charge in [0.05, 0.1) is 0 Å². The highest BCUT2D eigenvalue weighted by Crippen LogP contribution is 2.38. The molecule has 0 radical (unpaired) electrons. The molecule has 0 bridgehead atoms. The number of piperidine rings is 1. The number of rotatable bonds is 4. The Balaban J connectivity index is 1.29. The van der Waals surface area contributed by atoms with Crippen molar-refractivity contribution in [3.63, 3.8) is 0 Å². The minimum Gasteiger partial charge on any atom is -0.324 e. The molecule has 2 fully saturated rings. The maximum absolute atomic E-state index is 6.07. The first-order valence-corrected chi connectivity index (χ1v) is 9.87. The lowest BCUT2D eigenvalue weighted by molar-refractivity contribution is 0.388. The fraction of sp³-hybridized carbons (Fsp3) is 0.444. The van der Waals surface area contributed by atoms with Crippen LogP contribution in [-0.2, 0) is 0 Å². The van der Waals surface area contributed by atoms with Crippen LogP contribution in [0.4, 0.5) is 6.01 Å². The third-order valence-corrected chi connectivity index (χ3v) is 5.64. The lowest BCUT2D eigenvalue weighted by Gasteiger charge is -2.30. The number of hydrogen-bond acceptors (Lipinski definition) is 6. The van der Waals surface area contributed by atoms with Gasteiger partial charge in [-0.25, -0.2) is 0 Å². The maximum atomic E-state index is 6.07. The van der Waals surface area contributed by atoms with Crippen molar-refractivity contribution in [1.29, 1.82) is 0 Å². The first-order chi connectivity index (χ1) is 13.2. The first kappa shape index (κ1) is 17.0. The summed E-state index contributed by atoms with van der Waals surface area (Å²) in [6, 6.07) is 6.37. The average molecular weight is 405 g/mol. The molecule has 0 N–H and O–H groups in total. The smallest absolute Gasteiger partial charge is 0.324 e. The molecule has 0 unspecified atom stereocenters. The number of halogens is 2. The largest absolute Gasteiger partial charge is 0.324 e. The zero-order valence-electron chi connectivity index (χ0n) is 14.6. The van der Waals surface area contributed by atoms with E-state index in [0.717, 1.165) is 37.3 Å². The quantitative estimate of drug-likeness (QED) is 0.643. The number of hydrogen-bond donors (Lipinski definition) is 0. The van der Waals surface area contributed by atoms with E-state index in [1.54, 1.807) is 18.2 Å². The number of aromatic nitrogens is 5. The van der Waals surface area contributed by atoms with Gasteiger partial charge in [-0.2, -0.15) is 4.98 Å². The van der Waals surface area contributed by atoms with Crippen LogP contribution in [0.2, 0.25) is 10.0 Å². The highest BCUT2D eigenvalue weighted by atomic mass is 35.5. The van der Waals surface area contributed by atoms with Crippen LogP contribution in [0.5, 0.6) is 0 Å². The fourth-order valence-electron chi connectivity index (χ4n) is 3.65. The summed E-state index contributed by atoms with van der Waals surface area (Å²) in [6.45, 7) is 1.69. The van der Waals surface area contributed by atoms with E-state index in [-0.39, 0.29) is 0 Å². The van der Waals surface area contributed by atoms with E-state index in [1.165, 1.54) is 12.8 Å². The predicted molar refractivity (Wildman–Crippen MR) is 102 cm³/mol. The molecule has 1 saturated carbocycles. The number of nitrogens with zero attached hydrogens (tertiary/aromatic N) is 6. The second kappa shape index (κ2) is 6.80. The Labute approximate surface area is 166 Å². The van der Waals surface area contributed by atoms with Gasteiger partial charge in [0.2, 0.25) is 5.82 Å². The first-order valence-electron chi connectivity index (χ1n) is 9.12.